The molecule has 2 aliphatic heterocycles. The minimum atomic E-state index is -1.20. The Hall–Kier alpha value is -3.49. The first-order valence-corrected chi connectivity index (χ1v) is 10.0. The van der Waals surface area contributed by atoms with Gasteiger partial charge >= 0.3 is 12.1 Å². The maximum Gasteiger partial charge on any atom is 0.411 e. The first kappa shape index (κ1) is 19.5. The molecule has 1 spiro atoms. The van der Waals surface area contributed by atoms with E-state index < -0.39 is 28.9 Å². The molecule has 160 valence electrons. The smallest absolute Gasteiger partial charge is 0.411 e. The molecule has 1 saturated heterocycles. The molecule has 2 amide bonds. The van der Waals surface area contributed by atoms with Crippen molar-refractivity contribution >= 4 is 23.7 Å². The summed E-state index contributed by atoms with van der Waals surface area (Å²) >= 11 is 0. The van der Waals surface area contributed by atoms with E-state index in [4.69, 9.17) is 9.84 Å². The van der Waals surface area contributed by atoms with E-state index in [1.165, 1.54) is 25.4 Å². The van der Waals surface area contributed by atoms with Crippen LogP contribution in [0.1, 0.15) is 40.7 Å². The van der Waals surface area contributed by atoms with Crippen molar-refractivity contribution in [1.82, 2.24) is 9.88 Å². The van der Waals surface area contributed by atoms with Gasteiger partial charge in [-0.2, -0.15) is 0 Å². The fourth-order valence-electron chi connectivity index (χ4n) is 4.74. The number of carbonyl (C=O) groups excluding carboxylic acids is 2. The van der Waals surface area contributed by atoms with Crippen LogP contribution in [-0.4, -0.2) is 53.1 Å². The van der Waals surface area contributed by atoms with Gasteiger partial charge in [0.15, 0.2) is 5.60 Å². The summed E-state index contributed by atoms with van der Waals surface area (Å²) in [6.45, 7) is 0.620. The fourth-order valence-corrected chi connectivity index (χ4v) is 4.74. The van der Waals surface area contributed by atoms with Crippen molar-refractivity contribution in [1.29, 1.82) is 0 Å². The maximum atomic E-state index is 14.9. The average molecular weight is 425 g/mol. The van der Waals surface area contributed by atoms with E-state index in [1.54, 1.807) is 17.2 Å². The number of rotatable bonds is 3. The van der Waals surface area contributed by atoms with Gasteiger partial charge in [0, 0.05) is 49.2 Å². The largest absolute Gasteiger partial charge is 0.465 e. The third-order valence-electron chi connectivity index (χ3n) is 6.64. The number of nitrogens with zero attached hydrogens (tertiary/aromatic N) is 3. The van der Waals surface area contributed by atoms with Gasteiger partial charge < -0.3 is 14.7 Å². The Morgan fingerprint density at radius 3 is 2.68 bits per heavy atom. The predicted octanol–water partition coefficient (Wildman–Crippen LogP) is 2.66. The van der Waals surface area contributed by atoms with Gasteiger partial charge in [-0.3, -0.25) is 14.7 Å². The van der Waals surface area contributed by atoms with Gasteiger partial charge in [-0.05, 0) is 31.0 Å². The van der Waals surface area contributed by atoms with Crippen LogP contribution < -0.4 is 4.90 Å². The van der Waals surface area contributed by atoms with E-state index in [2.05, 4.69) is 4.98 Å². The van der Waals surface area contributed by atoms with Gasteiger partial charge in [0.25, 0.3) is 0 Å². The molecule has 3 aliphatic rings. The number of likely N-dealkylation sites (tertiary alicyclic amines) is 1. The van der Waals surface area contributed by atoms with Crippen LogP contribution in [0.25, 0.3) is 0 Å². The van der Waals surface area contributed by atoms with Gasteiger partial charge in [0.2, 0.25) is 5.91 Å². The molecule has 0 radical (unpaired) electrons. The minimum absolute atomic E-state index is 0.193. The van der Waals surface area contributed by atoms with Crippen molar-refractivity contribution in [2.24, 2.45) is 0 Å². The molecule has 0 bridgehead atoms. The van der Waals surface area contributed by atoms with E-state index in [1.807, 2.05) is 0 Å². The summed E-state index contributed by atoms with van der Waals surface area (Å²) in [5.41, 5.74) is -0.218. The van der Waals surface area contributed by atoms with Crippen molar-refractivity contribution in [3.8, 4) is 0 Å². The molecular weight excluding hydrogens is 405 g/mol. The summed E-state index contributed by atoms with van der Waals surface area (Å²) in [5.74, 6) is -1.24. The van der Waals surface area contributed by atoms with Crippen LogP contribution >= 0.6 is 0 Å². The Balaban J connectivity index is 1.41. The van der Waals surface area contributed by atoms with E-state index >= 15 is 0 Å². The van der Waals surface area contributed by atoms with Gasteiger partial charge in [-0.15, -0.1) is 0 Å². The number of carboxylic acid groups (broad SMARTS) is 1. The molecule has 8 nitrogen and oxygen atoms in total. The Bertz CT molecular complexity index is 1130. The zero-order chi connectivity index (χ0) is 22.0. The predicted molar refractivity (Wildman–Crippen MR) is 106 cm³/mol. The number of ether oxygens (including phenoxy) is 1. The molecule has 1 aromatic carbocycles. The summed E-state index contributed by atoms with van der Waals surface area (Å²) < 4.78 is 20.6. The molecule has 2 fully saturated rings. The molecule has 31 heavy (non-hydrogen) atoms. The molecule has 3 heterocycles. The highest BCUT2D eigenvalue weighted by Crippen LogP contribution is 2.52. The highest BCUT2D eigenvalue weighted by Gasteiger charge is 2.58. The van der Waals surface area contributed by atoms with Crippen molar-refractivity contribution in [3.63, 3.8) is 0 Å². The monoisotopic (exact) mass is 425 g/mol. The highest BCUT2D eigenvalue weighted by molar-refractivity contribution is 5.95. The lowest BCUT2D eigenvalue weighted by Crippen LogP contribution is -2.40. The van der Waals surface area contributed by atoms with E-state index in [0.717, 1.165) is 16.5 Å². The number of pyridine rings is 1. The number of hydrogen-bond acceptors (Lipinski definition) is 5. The van der Waals surface area contributed by atoms with Crippen LogP contribution in [0.3, 0.4) is 0 Å². The lowest BCUT2D eigenvalue weighted by atomic mass is 9.92. The van der Waals surface area contributed by atoms with Gasteiger partial charge in [-0.1, -0.05) is 6.07 Å². The van der Waals surface area contributed by atoms with Crippen LogP contribution in [-0.2, 0) is 20.5 Å². The van der Waals surface area contributed by atoms with E-state index in [9.17, 15) is 18.8 Å². The lowest BCUT2D eigenvalue weighted by Gasteiger charge is -2.27. The number of anilines is 1. The van der Waals surface area contributed by atoms with Crippen molar-refractivity contribution in [3.05, 3.63) is 59.2 Å². The van der Waals surface area contributed by atoms with Gasteiger partial charge in [0.1, 0.15) is 5.82 Å². The second-order valence-corrected chi connectivity index (χ2v) is 8.37. The normalized spacial score (nSPS) is 22.9. The van der Waals surface area contributed by atoms with E-state index in [-0.39, 0.29) is 23.7 Å². The van der Waals surface area contributed by atoms with Crippen LogP contribution in [0.4, 0.5) is 14.9 Å². The topological polar surface area (TPSA) is 100 Å². The zero-order valence-electron chi connectivity index (χ0n) is 16.8. The molecule has 9 heteroatoms. The fraction of sp³-hybridized carbons (Fsp3) is 0.364. The summed E-state index contributed by atoms with van der Waals surface area (Å²) in [7, 11) is 1.33. The summed E-state index contributed by atoms with van der Waals surface area (Å²) in [4.78, 5) is 43.4. The molecule has 0 unspecified atom stereocenters. The quantitative estimate of drug-likeness (QED) is 0.759. The first-order chi connectivity index (χ1) is 14.8. The number of halogens is 1. The molecule has 1 aliphatic carbocycles. The Kier molecular flexibility index (Phi) is 4.08. The van der Waals surface area contributed by atoms with Crippen LogP contribution in [0, 0.1) is 5.82 Å². The van der Waals surface area contributed by atoms with Crippen molar-refractivity contribution < 1.29 is 28.6 Å². The summed E-state index contributed by atoms with van der Waals surface area (Å²) in [5, 5.41) is 9.09. The van der Waals surface area contributed by atoms with Crippen LogP contribution in [0.15, 0.2) is 36.7 Å². The average Bonchev–Trinajstić information content (AvgIpc) is 3.38. The Labute approximate surface area is 177 Å². The summed E-state index contributed by atoms with van der Waals surface area (Å²) in [6, 6.07) is 5.90. The molecule has 1 N–H and O–H groups in total. The van der Waals surface area contributed by atoms with Gasteiger partial charge in [0.05, 0.1) is 17.5 Å². The number of benzene rings is 1. The molecule has 1 atom stereocenters. The lowest BCUT2D eigenvalue weighted by molar-refractivity contribution is -0.134. The number of carbonyl (C=O) groups is 3. The van der Waals surface area contributed by atoms with Crippen LogP contribution in [0.5, 0.6) is 0 Å². The van der Waals surface area contributed by atoms with Crippen molar-refractivity contribution in [2.45, 2.75) is 30.3 Å². The standard InChI is InChI=1S/C22H20FN3O5/c1-25(20(29)30)13-2-3-16(17(23)10-13)21(5-6-21)19(28)26-9-7-22(12-26)15-4-8-24-11-14(15)18(27)31-22/h2-4,8,10-11H,5-7,9,12H2,1H3,(H,29,30)/t22-/m0/s1. The Morgan fingerprint density at radius 1 is 1.23 bits per heavy atom. The third kappa shape index (κ3) is 2.79. The number of aromatic nitrogens is 1. The second-order valence-electron chi connectivity index (χ2n) is 8.37. The highest BCUT2D eigenvalue weighted by atomic mass is 19.1. The first-order valence-electron chi connectivity index (χ1n) is 10.0. The molecule has 2 aromatic rings. The number of amides is 2. The second kappa shape index (κ2) is 6.50. The molecular formula is C22H20FN3O5. The minimum Gasteiger partial charge on any atom is -0.465 e. The Morgan fingerprint density at radius 2 is 2.00 bits per heavy atom. The number of esters is 1. The molecule has 1 saturated carbocycles. The van der Waals surface area contributed by atoms with Gasteiger partial charge in [-0.25, -0.2) is 14.0 Å². The van der Waals surface area contributed by atoms with Crippen molar-refractivity contribution in [2.75, 3.05) is 25.0 Å². The SMILES string of the molecule is CN(C(=O)O)c1ccc(C2(C(=O)N3CC[C@@]4(C3)OC(=O)c3cnccc34)CC2)c(F)c1. The zero-order valence-corrected chi connectivity index (χ0v) is 16.8. The van der Waals surface area contributed by atoms with Crippen LogP contribution in [0.2, 0.25) is 0 Å². The molecule has 1 aromatic heterocycles. The number of fused-ring (bicyclic) bond motifs is 2. The third-order valence-corrected chi connectivity index (χ3v) is 6.64. The number of hydrogen-bond donors (Lipinski definition) is 1. The summed E-state index contributed by atoms with van der Waals surface area (Å²) in [6.07, 6.45) is 3.38. The molecule has 5 rings (SSSR count). The maximum absolute atomic E-state index is 14.9. The van der Waals surface area contributed by atoms with E-state index in [0.29, 0.717) is 31.4 Å².